The van der Waals surface area contributed by atoms with Crippen LogP contribution in [-0.2, 0) is 4.79 Å². The van der Waals surface area contributed by atoms with Crippen LogP contribution in [0.1, 0.15) is 5.56 Å². The van der Waals surface area contributed by atoms with Crippen LogP contribution < -0.4 is 5.43 Å². The quantitative estimate of drug-likeness (QED) is 0.182. The van der Waals surface area contributed by atoms with Crippen LogP contribution in [0, 0.1) is 0 Å². The minimum atomic E-state index is -0.294. The molecule has 6 nitrogen and oxygen atoms in total. The first-order valence-corrected chi connectivity index (χ1v) is 11.8. The summed E-state index contributed by atoms with van der Waals surface area (Å²) in [5.41, 5.74) is 4.88. The van der Waals surface area contributed by atoms with E-state index in [0.717, 1.165) is 11.3 Å². The minimum Gasteiger partial charge on any atom is -0.272 e. The van der Waals surface area contributed by atoms with E-state index in [-0.39, 0.29) is 11.7 Å². The second-order valence-electron chi connectivity index (χ2n) is 6.73. The molecular formula is C23H16Cl3N5OS. The summed E-state index contributed by atoms with van der Waals surface area (Å²) in [4.78, 5) is 12.3. The molecule has 33 heavy (non-hydrogen) atoms. The SMILES string of the molecule is O=C(CSc1nnc(-c2ccc(Cl)cc2)n1-c1ccccc1)N/N=C/c1ccc(Cl)cc1Cl. The van der Waals surface area contributed by atoms with Crippen LogP contribution in [-0.4, -0.2) is 32.6 Å². The summed E-state index contributed by atoms with van der Waals surface area (Å²) in [5, 5.41) is 14.8. The van der Waals surface area contributed by atoms with E-state index in [1.54, 1.807) is 30.3 Å². The first-order chi connectivity index (χ1) is 16.0. The molecule has 1 heterocycles. The Hall–Kier alpha value is -2.84. The zero-order valence-electron chi connectivity index (χ0n) is 17.0. The van der Waals surface area contributed by atoms with Crippen molar-refractivity contribution < 1.29 is 4.79 Å². The topological polar surface area (TPSA) is 72.2 Å². The van der Waals surface area contributed by atoms with Gasteiger partial charge in [-0.15, -0.1) is 10.2 Å². The van der Waals surface area contributed by atoms with Crippen molar-refractivity contribution in [3.8, 4) is 17.1 Å². The second-order valence-corrected chi connectivity index (χ2v) is 8.95. The van der Waals surface area contributed by atoms with E-state index in [1.165, 1.54) is 18.0 Å². The lowest BCUT2D eigenvalue weighted by Gasteiger charge is -2.10. The van der Waals surface area contributed by atoms with Gasteiger partial charge in [-0.05, 0) is 48.5 Å². The fourth-order valence-electron chi connectivity index (χ4n) is 2.90. The number of benzene rings is 3. The van der Waals surface area contributed by atoms with Crippen LogP contribution in [0.25, 0.3) is 17.1 Å². The Labute approximate surface area is 209 Å². The molecule has 0 aliphatic rings. The lowest BCUT2D eigenvalue weighted by molar-refractivity contribution is -0.118. The first kappa shape index (κ1) is 23.3. The molecule has 0 radical (unpaired) electrons. The number of hydrogen-bond donors (Lipinski definition) is 1. The third-order valence-electron chi connectivity index (χ3n) is 4.44. The van der Waals surface area contributed by atoms with Gasteiger partial charge in [0.1, 0.15) is 0 Å². The van der Waals surface area contributed by atoms with Crippen molar-refractivity contribution in [3.05, 3.63) is 93.4 Å². The standard InChI is InChI=1S/C23H16Cl3N5OS/c24-17-9-6-15(7-10-17)22-29-30-23(31(22)19-4-2-1-3-5-19)33-14-21(32)28-27-13-16-8-11-18(25)12-20(16)26/h1-13H,14H2,(H,28,32)/b27-13+. The molecule has 4 aromatic rings. The monoisotopic (exact) mass is 515 g/mol. The number of thioether (sulfide) groups is 1. The van der Waals surface area contributed by atoms with Gasteiger partial charge in [0, 0.05) is 26.9 Å². The predicted octanol–water partition coefficient (Wildman–Crippen LogP) is 6.14. The Morgan fingerprint density at radius 2 is 1.70 bits per heavy atom. The summed E-state index contributed by atoms with van der Waals surface area (Å²) in [6.45, 7) is 0. The lowest BCUT2D eigenvalue weighted by atomic mass is 10.2. The van der Waals surface area contributed by atoms with Crippen LogP contribution >= 0.6 is 46.6 Å². The van der Waals surface area contributed by atoms with Gasteiger partial charge in [0.05, 0.1) is 17.0 Å². The highest BCUT2D eigenvalue weighted by Gasteiger charge is 2.17. The van der Waals surface area contributed by atoms with Crippen molar-refractivity contribution in [2.45, 2.75) is 5.16 Å². The Morgan fingerprint density at radius 1 is 0.970 bits per heavy atom. The van der Waals surface area contributed by atoms with Crippen molar-refractivity contribution in [1.29, 1.82) is 0 Å². The summed E-state index contributed by atoms with van der Waals surface area (Å²) in [5.74, 6) is 0.449. The third-order valence-corrected chi connectivity index (χ3v) is 6.18. The highest BCUT2D eigenvalue weighted by molar-refractivity contribution is 7.99. The number of amides is 1. The third kappa shape index (κ3) is 5.94. The molecule has 0 atom stereocenters. The van der Waals surface area contributed by atoms with E-state index in [4.69, 9.17) is 34.8 Å². The van der Waals surface area contributed by atoms with Gasteiger partial charge in [-0.3, -0.25) is 9.36 Å². The maximum Gasteiger partial charge on any atom is 0.250 e. The maximum atomic E-state index is 12.3. The Morgan fingerprint density at radius 3 is 2.42 bits per heavy atom. The largest absolute Gasteiger partial charge is 0.272 e. The van der Waals surface area contributed by atoms with Crippen molar-refractivity contribution in [1.82, 2.24) is 20.2 Å². The predicted molar refractivity (Wildman–Crippen MR) is 135 cm³/mol. The molecule has 0 spiro atoms. The van der Waals surface area contributed by atoms with Gasteiger partial charge in [-0.1, -0.05) is 70.8 Å². The number of rotatable bonds is 7. The maximum absolute atomic E-state index is 12.3. The fraction of sp³-hybridized carbons (Fsp3) is 0.0435. The number of nitrogens with one attached hydrogen (secondary N) is 1. The smallest absolute Gasteiger partial charge is 0.250 e. The van der Waals surface area contributed by atoms with Crippen LogP contribution in [0.5, 0.6) is 0 Å². The van der Waals surface area contributed by atoms with Gasteiger partial charge in [-0.25, -0.2) is 5.43 Å². The molecule has 166 valence electrons. The molecule has 3 aromatic carbocycles. The number of carbonyl (C=O) groups is 1. The number of aromatic nitrogens is 3. The fourth-order valence-corrected chi connectivity index (χ4v) is 4.23. The van der Waals surface area contributed by atoms with Gasteiger partial charge >= 0.3 is 0 Å². The van der Waals surface area contributed by atoms with E-state index in [2.05, 4.69) is 20.7 Å². The van der Waals surface area contributed by atoms with E-state index < -0.39 is 0 Å². The average molecular weight is 517 g/mol. The second kappa shape index (κ2) is 10.9. The van der Waals surface area contributed by atoms with E-state index in [9.17, 15) is 4.79 Å². The average Bonchev–Trinajstić information content (AvgIpc) is 3.24. The Bertz CT molecular complexity index is 1290. The molecule has 0 fully saturated rings. The summed E-state index contributed by atoms with van der Waals surface area (Å²) in [6.07, 6.45) is 1.46. The Kier molecular flexibility index (Phi) is 7.67. The number of hydrogen-bond acceptors (Lipinski definition) is 5. The molecule has 0 unspecified atom stereocenters. The molecule has 4 rings (SSSR count). The van der Waals surface area contributed by atoms with E-state index in [1.807, 2.05) is 47.0 Å². The Balaban J connectivity index is 1.49. The summed E-state index contributed by atoms with van der Waals surface area (Å²) in [7, 11) is 0. The molecule has 0 aliphatic carbocycles. The minimum absolute atomic E-state index is 0.0945. The zero-order chi connectivity index (χ0) is 23.2. The van der Waals surface area contributed by atoms with Gasteiger partial charge < -0.3 is 0 Å². The molecular weight excluding hydrogens is 501 g/mol. The first-order valence-electron chi connectivity index (χ1n) is 9.68. The number of halogens is 3. The molecule has 1 N–H and O–H groups in total. The zero-order valence-corrected chi connectivity index (χ0v) is 20.0. The van der Waals surface area contributed by atoms with Crippen LogP contribution in [0.3, 0.4) is 0 Å². The number of nitrogens with zero attached hydrogens (tertiary/aromatic N) is 4. The molecule has 0 saturated heterocycles. The molecule has 0 aliphatic heterocycles. The molecule has 1 aromatic heterocycles. The van der Waals surface area contributed by atoms with E-state index in [0.29, 0.717) is 31.6 Å². The van der Waals surface area contributed by atoms with Crippen LogP contribution in [0.15, 0.2) is 83.1 Å². The number of carbonyl (C=O) groups excluding carboxylic acids is 1. The van der Waals surface area contributed by atoms with Crippen molar-refractivity contribution in [2.75, 3.05) is 5.75 Å². The summed E-state index contributed by atoms with van der Waals surface area (Å²) < 4.78 is 1.90. The summed E-state index contributed by atoms with van der Waals surface area (Å²) >= 11 is 19.3. The van der Waals surface area contributed by atoms with Crippen molar-refractivity contribution in [3.63, 3.8) is 0 Å². The highest BCUT2D eigenvalue weighted by Crippen LogP contribution is 2.28. The van der Waals surface area contributed by atoms with Gasteiger partial charge in [-0.2, -0.15) is 5.10 Å². The number of hydrazone groups is 1. The highest BCUT2D eigenvalue weighted by atomic mass is 35.5. The van der Waals surface area contributed by atoms with Gasteiger partial charge in [0.15, 0.2) is 11.0 Å². The normalized spacial score (nSPS) is 11.1. The van der Waals surface area contributed by atoms with Crippen molar-refractivity contribution in [2.24, 2.45) is 5.10 Å². The molecule has 10 heteroatoms. The van der Waals surface area contributed by atoms with Crippen LogP contribution in [0.2, 0.25) is 15.1 Å². The lowest BCUT2D eigenvalue weighted by Crippen LogP contribution is -2.20. The van der Waals surface area contributed by atoms with Gasteiger partial charge in [0.2, 0.25) is 0 Å². The molecule has 1 amide bonds. The van der Waals surface area contributed by atoms with Gasteiger partial charge in [0.25, 0.3) is 5.91 Å². The molecule has 0 saturated carbocycles. The van der Waals surface area contributed by atoms with Crippen LogP contribution in [0.4, 0.5) is 0 Å². The molecule has 0 bridgehead atoms. The van der Waals surface area contributed by atoms with E-state index >= 15 is 0 Å². The number of para-hydroxylation sites is 1. The summed E-state index contributed by atoms with van der Waals surface area (Å²) in [6, 6.07) is 22.1. The van der Waals surface area contributed by atoms with Crippen molar-refractivity contribution >= 4 is 58.7 Å².